The molecule has 2 N–H and O–H groups in total. The van der Waals surface area contributed by atoms with Gasteiger partial charge in [0.1, 0.15) is 0 Å². The van der Waals surface area contributed by atoms with E-state index >= 15 is 0 Å². The van der Waals surface area contributed by atoms with Crippen LogP contribution in [0.3, 0.4) is 0 Å². The number of hydrogen-bond donors (Lipinski definition) is 2. The van der Waals surface area contributed by atoms with E-state index in [9.17, 15) is 4.79 Å². The molecule has 0 radical (unpaired) electrons. The first-order valence-corrected chi connectivity index (χ1v) is 6.20. The van der Waals surface area contributed by atoms with E-state index in [1.54, 1.807) is 0 Å². The molecule has 2 heterocycles. The zero-order valence-corrected chi connectivity index (χ0v) is 10.0. The molecule has 1 atom stereocenters. The second-order valence-corrected chi connectivity index (χ2v) is 4.81. The van der Waals surface area contributed by atoms with Crippen LogP contribution in [0.15, 0.2) is 0 Å². The van der Waals surface area contributed by atoms with Gasteiger partial charge in [0.2, 0.25) is 5.91 Å². The van der Waals surface area contributed by atoms with E-state index in [1.165, 1.54) is 0 Å². The Kier molecular flexibility index (Phi) is 4.15. The smallest absolute Gasteiger partial charge is 0.238 e. The molecule has 16 heavy (non-hydrogen) atoms. The average Bonchev–Trinajstić information content (AvgIpc) is 2.33. The van der Waals surface area contributed by atoms with Gasteiger partial charge in [-0.25, -0.2) is 5.01 Å². The third kappa shape index (κ3) is 3.17. The summed E-state index contributed by atoms with van der Waals surface area (Å²) < 4.78 is 0. The first-order valence-electron chi connectivity index (χ1n) is 6.20. The maximum absolute atomic E-state index is 11.9. The summed E-state index contributed by atoms with van der Waals surface area (Å²) in [6.45, 7) is 5.81. The van der Waals surface area contributed by atoms with Crippen LogP contribution in [0, 0.1) is 5.92 Å². The summed E-state index contributed by atoms with van der Waals surface area (Å²) in [5.74, 6) is 0.352. The molecule has 1 amide bonds. The molecule has 0 aromatic rings. The van der Waals surface area contributed by atoms with Crippen LogP contribution in [0.1, 0.15) is 12.8 Å². The lowest BCUT2D eigenvalue weighted by atomic mass is 9.99. The quantitative estimate of drug-likeness (QED) is 0.651. The molecule has 0 aromatic carbocycles. The molecule has 5 nitrogen and oxygen atoms in total. The Hall–Kier alpha value is -0.650. The summed E-state index contributed by atoms with van der Waals surface area (Å²) in [5.41, 5.74) is 3.04. The van der Waals surface area contributed by atoms with Crippen LogP contribution in [0.4, 0.5) is 0 Å². The van der Waals surface area contributed by atoms with E-state index in [1.807, 2.05) is 0 Å². The van der Waals surface area contributed by atoms with Gasteiger partial charge < -0.3 is 10.2 Å². The van der Waals surface area contributed by atoms with Crippen LogP contribution in [0.25, 0.3) is 0 Å². The van der Waals surface area contributed by atoms with E-state index < -0.39 is 0 Å². The van der Waals surface area contributed by atoms with Gasteiger partial charge in [-0.15, -0.1) is 0 Å². The molecule has 2 saturated heterocycles. The van der Waals surface area contributed by atoms with Gasteiger partial charge in [-0.2, -0.15) is 0 Å². The molecule has 2 aliphatic rings. The number of piperidine rings is 1. The third-order valence-corrected chi connectivity index (χ3v) is 3.44. The van der Waals surface area contributed by atoms with E-state index in [-0.39, 0.29) is 11.8 Å². The molecule has 92 valence electrons. The maximum Gasteiger partial charge on any atom is 0.238 e. The molecular formula is C11H22N4O. The van der Waals surface area contributed by atoms with Crippen LogP contribution in [-0.2, 0) is 4.79 Å². The van der Waals surface area contributed by atoms with Crippen molar-refractivity contribution in [1.29, 1.82) is 0 Å². The Bertz CT molecular complexity index is 232. The maximum atomic E-state index is 11.9. The highest BCUT2D eigenvalue weighted by molar-refractivity contribution is 5.78. The lowest BCUT2D eigenvalue weighted by molar-refractivity contribution is -0.131. The normalized spacial score (nSPS) is 28.9. The molecule has 2 fully saturated rings. The van der Waals surface area contributed by atoms with E-state index in [4.69, 9.17) is 0 Å². The van der Waals surface area contributed by atoms with Gasteiger partial charge in [0.25, 0.3) is 0 Å². The van der Waals surface area contributed by atoms with Gasteiger partial charge in [-0.05, 0) is 26.4 Å². The van der Waals surface area contributed by atoms with Gasteiger partial charge >= 0.3 is 0 Å². The van der Waals surface area contributed by atoms with E-state index in [2.05, 4.69) is 27.7 Å². The van der Waals surface area contributed by atoms with Crippen LogP contribution in [0.5, 0.6) is 0 Å². The van der Waals surface area contributed by atoms with Crippen molar-refractivity contribution in [3.63, 3.8) is 0 Å². The standard InChI is InChI=1S/C11H22N4O/c1-14-5-7-15(8-6-14)13-11(16)10-3-2-4-12-9-10/h10,12H,2-9H2,1H3,(H,13,16). The Balaban J connectivity index is 1.73. The summed E-state index contributed by atoms with van der Waals surface area (Å²) >= 11 is 0. The number of amides is 1. The highest BCUT2D eigenvalue weighted by atomic mass is 16.2. The van der Waals surface area contributed by atoms with Crippen LogP contribution in [-0.4, -0.2) is 62.1 Å². The van der Waals surface area contributed by atoms with Gasteiger partial charge in [-0.1, -0.05) is 0 Å². The Labute approximate surface area is 97.1 Å². The van der Waals surface area contributed by atoms with Crippen LogP contribution in [0.2, 0.25) is 0 Å². The number of hydrogen-bond acceptors (Lipinski definition) is 4. The largest absolute Gasteiger partial charge is 0.316 e. The minimum absolute atomic E-state index is 0.161. The van der Waals surface area contributed by atoms with Crippen molar-refractivity contribution in [1.82, 2.24) is 20.7 Å². The molecule has 2 aliphatic heterocycles. The highest BCUT2D eigenvalue weighted by Gasteiger charge is 2.23. The molecule has 0 bridgehead atoms. The SMILES string of the molecule is CN1CCN(NC(=O)C2CCCNC2)CC1. The molecule has 0 saturated carbocycles. The number of carbonyl (C=O) groups excluding carboxylic acids is 1. The molecular weight excluding hydrogens is 204 g/mol. The first-order chi connectivity index (χ1) is 7.75. The number of piperazine rings is 1. The molecule has 2 rings (SSSR count). The van der Waals surface area contributed by atoms with Crippen molar-refractivity contribution in [2.24, 2.45) is 5.92 Å². The average molecular weight is 226 g/mol. The van der Waals surface area contributed by atoms with E-state index in [0.29, 0.717) is 0 Å². The van der Waals surface area contributed by atoms with Gasteiger partial charge in [-0.3, -0.25) is 10.2 Å². The molecule has 0 aromatic heterocycles. The van der Waals surface area contributed by atoms with Crippen molar-refractivity contribution >= 4 is 5.91 Å². The summed E-state index contributed by atoms with van der Waals surface area (Å²) in [6, 6.07) is 0. The lowest BCUT2D eigenvalue weighted by Gasteiger charge is -2.33. The Morgan fingerprint density at radius 1 is 1.31 bits per heavy atom. The Morgan fingerprint density at radius 3 is 2.69 bits per heavy atom. The number of nitrogens with one attached hydrogen (secondary N) is 2. The minimum atomic E-state index is 0.161. The summed E-state index contributed by atoms with van der Waals surface area (Å²) in [6.07, 6.45) is 2.13. The lowest BCUT2D eigenvalue weighted by Crippen LogP contribution is -2.54. The fraction of sp³-hybridized carbons (Fsp3) is 0.909. The van der Waals surface area contributed by atoms with Crippen LogP contribution < -0.4 is 10.7 Å². The topological polar surface area (TPSA) is 47.6 Å². The monoisotopic (exact) mass is 226 g/mol. The zero-order valence-electron chi connectivity index (χ0n) is 10.0. The van der Waals surface area contributed by atoms with Gasteiger partial charge in [0, 0.05) is 32.7 Å². The Morgan fingerprint density at radius 2 is 2.06 bits per heavy atom. The van der Waals surface area contributed by atoms with Crippen molar-refractivity contribution < 1.29 is 4.79 Å². The summed E-state index contributed by atoms with van der Waals surface area (Å²) in [7, 11) is 2.12. The predicted octanol–water partition coefficient (Wildman–Crippen LogP) is -0.735. The molecule has 5 heteroatoms. The molecule has 0 spiro atoms. The van der Waals surface area contributed by atoms with Gasteiger partial charge in [0.15, 0.2) is 0 Å². The number of nitrogens with zero attached hydrogens (tertiary/aromatic N) is 2. The highest BCUT2D eigenvalue weighted by Crippen LogP contribution is 2.10. The second-order valence-electron chi connectivity index (χ2n) is 4.81. The predicted molar refractivity (Wildman–Crippen MR) is 62.8 cm³/mol. The van der Waals surface area contributed by atoms with Crippen molar-refractivity contribution in [2.75, 3.05) is 46.3 Å². The fourth-order valence-electron chi connectivity index (χ4n) is 2.24. The molecule has 1 unspecified atom stereocenters. The molecule has 0 aliphatic carbocycles. The fourth-order valence-corrected chi connectivity index (χ4v) is 2.24. The van der Waals surface area contributed by atoms with Gasteiger partial charge in [0.05, 0.1) is 5.92 Å². The second kappa shape index (κ2) is 5.61. The van der Waals surface area contributed by atoms with Crippen molar-refractivity contribution in [3.8, 4) is 0 Å². The van der Waals surface area contributed by atoms with E-state index in [0.717, 1.165) is 52.1 Å². The number of carbonyl (C=O) groups is 1. The number of hydrazine groups is 1. The van der Waals surface area contributed by atoms with Crippen molar-refractivity contribution in [2.45, 2.75) is 12.8 Å². The van der Waals surface area contributed by atoms with Crippen LogP contribution >= 0.6 is 0 Å². The minimum Gasteiger partial charge on any atom is -0.316 e. The number of rotatable bonds is 2. The zero-order chi connectivity index (χ0) is 11.4. The summed E-state index contributed by atoms with van der Waals surface area (Å²) in [4.78, 5) is 14.2. The summed E-state index contributed by atoms with van der Waals surface area (Å²) in [5, 5.41) is 5.32. The third-order valence-electron chi connectivity index (χ3n) is 3.44. The van der Waals surface area contributed by atoms with Crippen molar-refractivity contribution in [3.05, 3.63) is 0 Å². The first kappa shape index (κ1) is 11.8. The number of likely N-dealkylation sites (N-methyl/N-ethyl adjacent to an activating group) is 1.